The summed E-state index contributed by atoms with van der Waals surface area (Å²) in [7, 11) is 0. The number of hydrogen-bond donors (Lipinski definition) is 2. The molecule has 19 heavy (non-hydrogen) atoms. The van der Waals surface area contributed by atoms with Crippen LogP contribution in [0.1, 0.15) is 33.6 Å². The minimum Gasteiger partial charge on any atom is -0.481 e. The molecule has 1 saturated heterocycles. The molecule has 1 atom stereocenters. The second-order valence-corrected chi connectivity index (χ2v) is 5.32. The molecule has 0 spiro atoms. The lowest BCUT2D eigenvalue weighted by Gasteiger charge is -2.40. The summed E-state index contributed by atoms with van der Waals surface area (Å²) in [6, 6.07) is 0. The number of rotatable bonds is 4. The Labute approximate surface area is 110 Å². The number of carbonyl (C=O) groups is 4. The molecule has 0 saturated carbocycles. The van der Waals surface area contributed by atoms with Gasteiger partial charge < -0.3 is 10.0 Å². The van der Waals surface area contributed by atoms with E-state index in [2.05, 4.69) is 5.32 Å². The van der Waals surface area contributed by atoms with Crippen molar-refractivity contribution in [3.63, 3.8) is 0 Å². The first-order chi connectivity index (χ1) is 8.64. The van der Waals surface area contributed by atoms with E-state index in [1.165, 1.54) is 4.90 Å². The molecular formula is C12H18N2O5. The number of carboxylic acid groups (broad SMARTS) is 1. The third-order valence-electron chi connectivity index (χ3n) is 3.13. The fourth-order valence-electron chi connectivity index (χ4n) is 1.96. The maximum atomic E-state index is 12.1. The van der Waals surface area contributed by atoms with Crippen molar-refractivity contribution in [1.82, 2.24) is 10.2 Å². The Bertz CT molecular complexity index is 430. The number of piperazine rings is 1. The molecular weight excluding hydrogens is 252 g/mol. The molecule has 1 aliphatic heterocycles. The zero-order chi connectivity index (χ0) is 14.8. The topological polar surface area (TPSA) is 104 Å². The predicted octanol–water partition coefficient (Wildman–Crippen LogP) is -0.249. The number of imide groups is 1. The van der Waals surface area contributed by atoms with Gasteiger partial charge in [0.05, 0.1) is 0 Å². The lowest BCUT2D eigenvalue weighted by atomic mass is 9.96. The molecule has 3 amide bonds. The van der Waals surface area contributed by atoms with Crippen LogP contribution in [0.3, 0.4) is 0 Å². The van der Waals surface area contributed by atoms with Crippen LogP contribution < -0.4 is 5.32 Å². The molecule has 7 nitrogen and oxygen atoms in total. The van der Waals surface area contributed by atoms with Crippen LogP contribution in [0.4, 0.5) is 0 Å². The smallest absolute Gasteiger partial charge is 0.303 e. The van der Waals surface area contributed by atoms with Crippen molar-refractivity contribution in [2.45, 2.75) is 39.2 Å². The van der Waals surface area contributed by atoms with Gasteiger partial charge in [-0.25, -0.2) is 0 Å². The predicted molar refractivity (Wildman–Crippen MR) is 65.0 cm³/mol. The van der Waals surface area contributed by atoms with Gasteiger partial charge in [-0.3, -0.25) is 24.5 Å². The van der Waals surface area contributed by atoms with Gasteiger partial charge in [0, 0.05) is 12.8 Å². The van der Waals surface area contributed by atoms with E-state index in [9.17, 15) is 19.2 Å². The Morgan fingerprint density at radius 3 is 2.47 bits per heavy atom. The fourth-order valence-corrected chi connectivity index (χ4v) is 1.96. The number of amides is 3. The highest BCUT2D eigenvalue weighted by molar-refractivity contribution is 6.06. The van der Waals surface area contributed by atoms with Crippen molar-refractivity contribution in [2.24, 2.45) is 5.92 Å². The molecule has 0 aliphatic carbocycles. The van der Waals surface area contributed by atoms with Gasteiger partial charge in [0.1, 0.15) is 12.1 Å². The Morgan fingerprint density at radius 2 is 1.95 bits per heavy atom. The number of aliphatic carboxylic acids is 1. The van der Waals surface area contributed by atoms with Crippen LogP contribution in [-0.2, 0) is 19.2 Å². The normalized spacial score (nSPS) is 19.8. The Morgan fingerprint density at radius 1 is 1.37 bits per heavy atom. The maximum absolute atomic E-state index is 12.1. The highest BCUT2D eigenvalue weighted by Crippen LogP contribution is 2.21. The summed E-state index contributed by atoms with van der Waals surface area (Å²) in [5.41, 5.74) is -1.10. The summed E-state index contributed by atoms with van der Waals surface area (Å²) in [6.45, 7) is 4.56. The molecule has 0 aromatic rings. The molecule has 2 N–H and O–H groups in total. The van der Waals surface area contributed by atoms with Crippen molar-refractivity contribution in [2.75, 3.05) is 6.54 Å². The number of nitrogens with one attached hydrogen (secondary N) is 1. The van der Waals surface area contributed by atoms with E-state index >= 15 is 0 Å². The Hall–Kier alpha value is -1.92. The minimum absolute atomic E-state index is 0.00368. The van der Waals surface area contributed by atoms with Gasteiger partial charge >= 0.3 is 5.97 Å². The molecule has 0 bridgehead atoms. The third kappa shape index (κ3) is 3.52. The molecule has 1 unspecified atom stereocenters. The summed E-state index contributed by atoms with van der Waals surface area (Å²) in [4.78, 5) is 46.9. The van der Waals surface area contributed by atoms with Gasteiger partial charge in [0.15, 0.2) is 0 Å². The lowest BCUT2D eigenvalue weighted by Crippen LogP contribution is -2.65. The van der Waals surface area contributed by atoms with Crippen LogP contribution >= 0.6 is 0 Å². The van der Waals surface area contributed by atoms with Gasteiger partial charge in [-0.2, -0.15) is 0 Å². The van der Waals surface area contributed by atoms with E-state index in [0.717, 1.165) is 0 Å². The zero-order valence-electron chi connectivity index (χ0n) is 11.2. The lowest BCUT2D eigenvalue weighted by molar-refractivity contribution is -0.156. The van der Waals surface area contributed by atoms with E-state index in [1.54, 1.807) is 20.8 Å². The molecule has 1 fully saturated rings. The van der Waals surface area contributed by atoms with Gasteiger partial charge in [-0.05, 0) is 19.8 Å². The standard InChI is InChI=1S/C12H18N2O5/c1-7(5-10(17)18)4-9(16)14-6-8(15)13-11(19)12(14,2)3/h7H,4-6H2,1-3H3,(H,17,18)(H,13,15,19). The first-order valence-corrected chi connectivity index (χ1v) is 6.01. The van der Waals surface area contributed by atoms with Gasteiger partial charge in [0.2, 0.25) is 11.8 Å². The van der Waals surface area contributed by atoms with Gasteiger partial charge in [0.25, 0.3) is 5.91 Å². The quantitative estimate of drug-likeness (QED) is 0.686. The molecule has 1 aliphatic rings. The SMILES string of the molecule is CC(CC(=O)O)CC(=O)N1CC(=O)NC(=O)C1(C)C. The first-order valence-electron chi connectivity index (χ1n) is 6.01. The summed E-state index contributed by atoms with van der Waals surface area (Å²) in [5, 5.41) is 10.8. The summed E-state index contributed by atoms with van der Waals surface area (Å²) >= 11 is 0. The second-order valence-electron chi connectivity index (χ2n) is 5.32. The molecule has 0 aromatic carbocycles. The summed E-state index contributed by atoms with van der Waals surface area (Å²) in [6.07, 6.45) is -0.129. The van der Waals surface area contributed by atoms with E-state index < -0.39 is 23.3 Å². The number of nitrogens with zero attached hydrogens (tertiary/aromatic N) is 1. The van der Waals surface area contributed by atoms with Crippen molar-refractivity contribution in [3.8, 4) is 0 Å². The molecule has 1 heterocycles. The van der Waals surface area contributed by atoms with Crippen LogP contribution in [0.5, 0.6) is 0 Å². The highest BCUT2D eigenvalue weighted by atomic mass is 16.4. The molecule has 7 heteroatoms. The van der Waals surface area contributed by atoms with E-state index in [1.807, 2.05) is 0 Å². The summed E-state index contributed by atoms with van der Waals surface area (Å²) < 4.78 is 0. The third-order valence-corrected chi connectivity index (χ3v) is 3.13. The largest absolute Gasteiger partial charge is 0.481 e. The molecule has 1 rings (SSSR count). The monoisotopic (exact) mass is 270 g/mol. The van der Waals surface area contributed by atoms with Crippen LogP contribution in [0.15, 0.2) is 0 Å². The average molecular weight is 270 g/mol. The average Bonchev–Trinajstić information content (AvgIpc) is 2.22. The molecule has 106 valence electrons. The van der Waals surface area contributed by atoms with E-state index in [0.29, 0.717) is 0 Å². The fraction of sp³-hybridized carbons (Fsp3) is 0.667. The first kappa shape index (κ1) is 15.1. The second kappa shape index (κ2) is 5.38. The maximum Gasteiger partial charge on any atom is 0.303 e. The molecule has 0 aromatic heterocycles. The number of carbonyl (C=O) groups excluding carboxylic acids is 3. The minimum atomic E-state index is -1.10. The molecule has 0 radical (unpaired) electrons. The van der Waals surface area contributed by atoms with Crippen LogP contribution in [0.25, 0.3) is 0 Å². The highest BCUT2D eigenvalue weighted by Gasteiger charge is 2.43. The van der Waals surface area contributed by atoms with Crippen molar-refractivity contribution < 1.29 is 24.3 Å². The van der Waals surface area contributed by atoms with Gasteiger partial charge in [-0.15, -0.1) is 0 Å². The number of hydrogen-bond acceptors (Lipinski definition) is 4. The van der Waals surface area contributed by atoms with Crippen LogP contribution in [-0.4, -0.2) is 45.8 Å². The van der Waals surface area contributed by atoms with Gasteiger partial charge in [-0.1, -0.05) is 6.92 Å². The Balaban J connectivity index is 2.76. The van der Waals surface area contributed by atoms with E-state index in [-0.39, 0.29) is 31.2 Å². The Kier molecular flexibility index (Phi) is 4.28. The summed E-state index contributed by atoms with van der Waals surface area (Å²) in [5.74, 6) is -2.76. The zero-order valence-corrected chi connectivity index (χ0v) is 11.2. The van der Waals surface area contributed by atoms with Crippen molar-refractivity contribution in [1.29, 1.82) is 0 Å². The van der Waals surface area contributed by atoms with Crippen LogP contribution in [0.2, 0.25) is 0 Å². The van der Waals surface area contributed by atoms with E-state index in [4.69, 9.17) is 5.11 Å². The van der Waals surface area contributed by atoms with Crippen molar-refractivity contribution in [3.05, 3.63) is 0 Å². The van der Waals surface area contributed by atoms with Crippen LogP contribution in [0, 0.1) is 5.92 Å². The number of carboxylic acids is 1. The van der Waals surface area contributed by atoms with Crippen molar-refractivity contribution >= 4 is 23.7 Å².